The van der Waals surface area contributed by atoms with E-state index in [1.54, 1.807) is 6.20 Å². The number of nitrogen functional groups attached to an aromatic ring is 1. The van der Waals surface area contributed by atoms with Gasteiger partial charge in [-0.05, 0) is 28.8 Å². The Labute approximate surface area is 124 Å². The molecule has 2 N–H and O–H groups in total. The average molecular weight is 340 g/mol. The number of nitrogens with zero attached hydrogens (tertiary/aromatic N) is 4. The van der Waals surface area contributed by atoms with Gasteiger partial charge in [-0.3, -0.25) is 4.68 Å². The van der Waals surface area contributed by atoms with Crippen LogP contribution in [0.2, 0.25) is 0 Å². The molecule has 1 fully saturated rings. The summed E-state index contributed by atoms with van der Waals surface area (Å²) in [5.41, 5.74) is 5.72. The predicted molar refractivity (Wildman–Crippen MR) is 75.5 cm³/mol. The van der Waals surface area contributed by atoms with Gasteiger partial charge >= 0.3 is 0 Å². The maximum atomic E-state index is 5.72. The van der Waals surface area contributed by atoms with E-state index in [2.05, 4.69) is 31.0 Å². The molecular weight excluding hydrogens is 326 g/mol. The van der Waals surface area contributed by atoms with E-state index in [9.17, 15) is 0 Å². The molecule has 3 heterocycles. The molecule has 2 aromatic rings. The van der Waals surface area contributed by atoms with E-state index in [0.717, 1.165) is 26.1 Å². The van der Waals surface area contributed by atoms with Gasteiger partial charge in [-0.15, -0.1) is 0 Å². The quantitative estimate of drug-likeness (QED) is 0.921. The second-order valence-electron chi connectivity index (χ2n) is 4.48. The lowest BCUT2D eigenvalue weighted by atomic mass is 10.1. The van der Waals surface area contributed by atoms with Crippen molar-refractivity contribution in [2.75, 3.05) is 18.9 Å². The van der Waals surface area contributed by atoms with Crippen LogP contribution in [-0.2, 0) is 4.74 Å². The van der Waals surface area contributed by atoms with Crippen LogP contribution in [0.25, 0.3) is 0 Å². The van der Waals surface area contributed by atoms with Crippen molar-refractivity contribution < 1.29 is 9.47 Å². The first-order valence-electron chi connectivity index (χ1n) is 6.30. The van der Waals surface area contributed by atoms with E-state index < -0.39 is 0 Å². The zero-order valence-electron chi connectivity index (χ0n) is 10.7. The summed E-state index contributed by atoms with van der Waals surface area (Å²) in [6.07, 6.45) is 6.93. The molecule has 2 aromatic heterocycles. The minimum absolute atomic E-state index is 0.243. The fourth-order valence-corrected chi connectivity index (χ4v) is 2.33. The second-order valence-corrected chi connectivity index (χ2v) is 5.30. The van der Waals surface area contributed by atoms with Crippen LogP contribution in [0.5, 0.6) is 11.6 Å². The van der Waals surface area contributed by atoms with Crippen molar-refractivity contribution in [1.29, 1.82) is 0 Å². The number of ether oxygens (including phenoxy) is 2. The molecule has 106 valence electrons. The van der Waals surface area contributed by atoms with E-state index in [0.29, 0.717) is 16.4 Å². The Bertz CT molecular complexity index is 597. The first-order chi connectivity index (χ1) is 9.72. The van der Waals surface area contributed by atoms with Crippen molar-refractivity contribution >= 4 is 21.7 Å². The van der Waals surface area contributed by atoms with Gasteiger partial charge in [-0.1, -0.05) is 0 Å². The minimum atomic E-state index is 0.243. The van der Waals surface area contributed by atoms with Crippen LogP contribution in [0, 0.1) is 0 Å². The van der Waals surface area contributed by atoms with E-state index in [-0.39, 0.29) is 11.7 Å². The molecule has 0 unspecified atom stereocenters. The molecule has 0 spiro atoms. The van der Waals surface area contributed by atoms with Gasteiger partial charge in [0.1, 0.15) is 4.60 Å². The molecule has 0 atom stereocenters. The molecule has 1 saturated heterocycles. The lowest BCUT2D eigenvalue weighted by Crippen LogP contribution is -2.19. The summed E-state index contributed by atoms with van der Waals surface area (Å²) in [5, 5.41) is 4.32. The third-order valence-corrected chi connectivity index (χ3v) is 3.48. The molecule has 7 nitrogen and oxygen atoms in total. The molecule has 0 aromatic carbocycles. The van der Waals surface area contributed by atoms with E-state index in [1.165, 1.54) is 6.20 Å². The summed E-state index contributed by atoms with van der Waals surface area (Å²) in [6.45, 7) is 1.54. The van der Waals surface area contributed by atoms with Crippen LogP contribution in [0.3, 0.4) is 0 Å². The van der Waals surface area contributed by atoms with Crippen LogP contribution in [0.1, 0.15) is 18.9 Å². The van der Waals surface area contributed by atoms with Gasteiger partial charge in [-0.25, -0.2) is 9.97 Å². The Morgan fingerprint density at radius 2 is 2.15 bits per heavy atom. The van der Waals surface area contributed by atoms with Crippen LogP contribution in [-0.4, -0.2) is 33.0 Å². The number of hydrogen-bond donors (Lipinski definition) is 1. The van der Waals surface area contributed by atoms with Crippen LogP contribution in [0.4, 0.5) is 5.82 Å². The van der Waals surface area contributed by atoms with Crippen LogP contribution >= 0.6 is 15.9 Å². The van der Waals surface area contributed by atoms with Crippen molar-refractivity contribution in [2.24, 2.45) is 0 Å². The molecule has 1 aliphatic heterocycles. The number of hydrogen-bond acceptors (Lipinski definition) is 6. The van der Waals surface area contributed by atoms with Gasteiger partial charge in [0.05, 0.1) is 24.6 Å². The molecule has 8 heteroatoms. The fourth-order valence-electron chi connectivity index (χ4n) is 2.07. The van der Waals surface area contributed by atoms with Crippen molar-refractivity contribution in [1.82, 2.24) is 19.7 Å². The highest BCUT2D eigenvalue weighted by molar-refractivity contribution is 9.10. The third kappa shape index (κ3) is 2.91. The summed E-state index contributed by atoms with van der Waals surface area (Å²) < 4.78 is 13.4. The summed E-state index contributed by atoms with van der Waals surface area (Å²) in [7, 11) is 0. The number of aromatic nitrogens is 4. The zero-order chi connectivity index (χ0) is 13.9. The SMILES string of the molecule is Nc1ncc(Br)nc1Oc1cnn(C2CCOCC2)c1. The highest BCUT2D eigenvalue weighted by atomic mass is 79.9. The number of anilines is 1. The van der Waals surface area contributed by atoms with Gasteiger partial charge in [-0.2, -0.15) is 5.10 Å². The molecule has 20 heavy (non-hydrogen) atoms. The van der Waals surface area contributed by atoms with Gasteiger partial charge in [0.2, 0.25) is 0 Å². The highest BCUT2D eigenvalue weighted by Crippen LogP contribution is 2.27. The lowest BCUT2D eigenvalue weighted by molar-refractivity contribution is 0.0662. The number of halogens is 1. The van der Waals surface area contributed by atoms with Gasteiger partial charge in [0, 0.05) is 13.2 Å². The topological polar surface area (TPSA) is 88.1 Å². The lowest BCUT2D eigenvalue weighted by Gasteiger charge is -2.22. The summed E-state index contributed by atoms with van der Waals surface area (Å²) in [6, 6.07) is 0.354. The van der Waals surface area contributed by atoms with E-state index in [1.807, 2.05) is 10.9 Å². The highest BCUT2D eigenvalue weighted by Gasteiger charge is 2.17. The van der Waals surface area contributed by atoms with Crippen molar-refractivity contribution in [2.45, 2.75) is 18.9 Å². The maximum Gasteiger partial charge on any atom is 0.263 e. The van der Waals surface area contributed by atoms with Crippen molar-refractivity contribution in [3.8, 4) is 11.6 Å². The molecule has 0 bridgehead atoms. The second kappa shape index (κ2) is 5.76. The van der Waals surface area contributed by atoms with Gasteiger partial charge in [0.15, 0.2) is 11.6 Å². The molecule has 3 rings (SSSR count). The van der Waals surface area contributed by atoms with Crippen LogP contribution < -0.4 is 10.5 Å². The number of rotatable bonds is 3. The Kier molecular flexibility index (Phi) is 3.83. The summed E-state index contributed by atoms with van der Waals surface area (Å²) >= 11 is 3.23. The third-order valence-electron chi connectivity index (χ3n) is 3.09. The molecule has 0 saturated carbocycles. The molecule has 0 amide bonds. The fraction of sp³-hybridized carbons (Fsp3) is 0.417. The standard InChI is InChI=1S/C12H14BrN5O2/c13-10-6-15-11(14)12(17-10)20-9-5-16-18(7-9)8-1-3-19-4-2-8/h5-8H,1-4H2,(H2,14,15). The van der Waals surface area contributed by atoms with Crippen molar-refractivity contribution in [3.05, 3.63) is 23.2 Å². The summed E-state index contributed by atoms with van der Waals surface area (Å²) in [5.74, 6) is 1.11. The molecule has 0 aliphatic carbocycles. The van der Waals surface area contributed by atoms with Crippen LogP contribution in [0.15, 0.2) is 23.2 Å². The zero-order valence-corrected chi connectivity index (χ0v) is 12.3. The Morgan fingerprint density at radius 3 is 2.95 bits per heavy atom. The predicted octanol–water partition coefficient (Wildman–Crippen LogP) is 2.16. The normalized spacial score (nSPS) is 16.2. The van der Waals surface area contributed by atoms with Crippen molar-refractivity contribution in [3.63, 3.8) is 0 Å². The maximum absolute atomic E-state index is 5.72. The minimum Gasteiger partial charge on any atom is -0.433 e. The largest absolute Gasteiger partial charge is 0.433 e. The monoisotopic (exact) mass is 339 g/mol. The first kappa shape index (κ1) is 13.3. The number of nitrogens with two attached hydrogens (primary N) is 1. The Morgan fingerprint density at radius 1 is 1.35 bits per heavy atom. The molecule has 1 aliphatic rings. The molecular formula is C12H14BrN5O2. The first-order valence-corrected chi connectivity index (χ1v) is 7.09. The Balaban J connectivity index is 1.75. The Hall–Kier alpha value is -1.67. The average Bonchev–Trinajstić information content (AvgIpc) is 2.92. The molecule has 0 radical (unpaired) electrons. The summed E-state index contributed by atoms with van der Waals surface area (Å²) in [4.78, 5) is 8.11. The van der Waals surface area contributed by atoms with E-state index in [4.69, 9.17) is 15.2 Å². The van der Waals surface area contributed by atoms with E-state index >= 15 is 0 Å². The van der Waals surface area contributed by atoms with Gasteiger partial charge in [0.25, 0.3) is 5.88 Å². The van der Waals surface area contributed by atoms with Gasteiger partial charge < -0.3 is 15.2 Å². The smallest absolute Gasteiger partial charge is 0.263 e.